The molecule has 4 rings (SSSR count). The van der Waals surface area contributed by atoms with E-state index in [1.54, 1.807) is 55.8 Å². The molecule has 234 valence electrons. The van der Waals surface area contributed by atoms with Crippen molar-refractivity contribution in [2.75, 3.05) is 18.4 Å². The molecule has 13 heteroatoms. The molecule has 0 bridgehead atoms. The number of Topliss-reactive ketones (excluding diaryl/α,β-unsaturated/α-hetero) is 1. The number of fused-ring (bicyclic) bond motifs is 1. The molecule has 2 aromatic carbocycles. The van der Waals surface area contributed by atoms with E-state index in [4.69, 9.17) is 16.3 Å². The molecule has 1 heterocycles. The molecule has 3 aromatic rings. The summed E-state index contributed by atoms with van der Waals surface area (Å²) in [5.74, 6) is -2.08. The van der Waals surface area contributed by atoms with Gasteiger partial charge in [0.1, 0.15) is 24.5 Å². The summed E-state index contributed by atoms with van der Waals surface area (Å²) in [5, 5.41) is 8.20. The highest BCUT2D eigenvalue weighted by atomic mass is 35.5. The van der Waals surface area contributed by atoms with Crippen LogP contribution in [0.25, 0.3) is 10.9 Å². The molecule has 0 saturated heterocycles. The fourth-order valence-electron chi connectivity index (χ4n) is 4.59. The van der Waals surface area contributed by atoms with Gasteiger partial charge in [-0.25, -0.2) is 9.18 Å². The van der Waals surface area contributed by atoms with Gasteiger partial charge in [-0.15, -0.1) is 0 Å². The summed E-state index contributed by atoms with van der Waals surface area (Å²) in [6.07, 6.45) is 2.38. The molecular formula is C31H35ClFN5O6. The number of alkyl carbamates (subject to hydrolysis) is 1. The molecule has 1 aromatic heterocycles. The van der Waals surface area contributed by atoms with Crippen molar-refractivity contribution < 1.29 is 33.1 Å². The minimum absolute atomic E-state index is 0.0416. The lowest BCUT2D eigenvalue weighted by molar-refractivity contribution is -0.137. The number of nitrogens with one attached hydrogen (secondary N) is 3. The van der Waals surface area contributed by atoms with Crippen molar-refractivity contribution in [1.29, 1.82) is 0 Å². The first-order chi connectivity index (χ1) is 20.7. The molecule has 1 saturated carbocycles. The Kier molecular flexibility index (Phi) is 9.93. The van der Waals surface area contributed by atoms with Crippen LogP contribution in [0.5, 0.6) is 0 Å². The number of halogens is 2. The van der Waals surface area contributed by atoms with Gasteiger partial charge in [0.25, 0.3) is 0 Å². The molecule has 11 nitrogen and oxygen atoms in total. The van der Waals surface area contributed by atoms with Gasteiger partial charge in [-0.2, -0.15) is 0 Å². The lowest BCUT2D eigenvalue weighted by atomic mass is 10.1. The number of amides is 4. The smallest absolute Gasteiger partial charge is 0.408 e. The van der Waals surface area contributed by atoms with Crippen molar-refractivity contribution >= 4 is 57.8 Å². The summed E-state index contributed by atoms with van der Waals surface area (Å²) in [7, 11) is 0. The van der Waals surface area contributed by atoms with E-state index >= 15 is 0 Å². The minimum Gasteiger partial charge on any atom is -0.444 e. The van der Waals surface area contributed by atoms with Crippen LogP contribution in [-0.2, 0) is 32.2 Å². The fraction of sp³-hybridized carbons (Fsp3) is 0.387. The van der Waals surface area contributed by atoms with Gasteiger partial charge < -0.3 is 30.2 Å². The van der Waals surface area contributed by atoms with Crippen molar-refractivity contribution in [3.05, 3.63) is 64.6 Å². The Morgan fingerprint density at radius 1 is 1.07 bits per heavy atom. The van der Waals surface area contributed by atoms with Gasteiger partial charge in [-0.1, -0.05) is 23.7 Å². The highest BCUT2D eigenvalue weighted by molar-refractivity contribution is 6.30. The lowest BCUT2D eigenvalue weighted by Gasteiger charge is -2.22. The summed E-state index contributed by atoms with van der Waals surface area (Å²) < 4.78 is 21.0. The predicted molar refractivity (Wildman–Crippen MR) is 163 cm³/mol. The second-order valence-corrected chi connectivity index (χ2v) is 12.0. The average Bonchev–Trinajstić information content (AvgIpc) is 3.72. The first kappa shape index (κ1) is 32.5. The zero-order valence-electron chi connectivity index (χ0n) is 25.0. The lowest BCUT2D eigenvalue weighted by Crippen LogP contribution is -2.43. The van der Waals surface area contributed by atoms with Gasteiger partial charge in [0.05, 0.1) is 11.6 Å². The topological polar surface area (TPSA) is 139 Å². The summed E-state index contributed by atoms with van der Waals surface area (Å²) in [5.41, 5.74) is 0.872. The fourth-order valence-corrected chi connectivity index (χ4v) is 4.79. The number of hydrogen-bond donors (Lipinski definition) is 3. The zero-order valence-corrected chi connectivity index (χ0v) is 25.7. The zero-order chi connectivity index (χ0) is 32.2. The van der Waals surface area contributed by atoms with E-state index in [1.165, 1.54) is 24.0 Å². The maximum absolute atomic E-state index is 14.2. The van der Waals surface area contributed by atoms with Crippen molar-refractivity contribution in [2.45, 2.75) is 65.3 Å². The number of ketones is 1. The van der Waals surface area contributed by atoms with Gasteiger partial charge in [-0.3, -0.25) is 19.2 Å². The average molecular weight is 628 g/mol. The molecule has 0 unspecified atom stereocenters. The highest BCUT2D eigenvalue weighted by Crippen LogP contribution is 2.29. The number of carbonyl (C=O) groups excluding carboxylic acids is 5. The Morgan fingerprint density at radius 2 is 1.80 bits per heavy atom. The maximum atomic E-state index is 14.2. The number of aromatic nitrogens is 1. The summed E-state index contributed by atoms with van der Waals surface area (Å²) in [6.45, 7) is 5.82. The standard InChI is InChI=1S/C31H35ClFN5O6/c1-18(39)23-15-37(25-11-8-20(12-22(23)25)36-26(40)14-35-30(43)44-31(2,3)4)17-28(42)38(21-9-10-21)16-27(41)34-13-19-6-5-7-24(32)29(19)33/h5-8,11-12,15,21H,9-10,13-14,16-17H2,1-4H3,(H,34,41)(H,35,43)(H,36,40). The summed E-state index contributed by atoms with van der Waals surface area (Å²) in [6, 6.07) is 9.37. The number of benzene rings is 2. The van der Waals surface area contributed by atoms with Crippen LogP contribution >= 0.6 is 11.6 Å². The quantitative estimate of drug-likeness (QED) is 0.269. The monoisotopic (exact) mass is 627 g/mol. The van der Waals surface area contributed by atoms with Crippen molar-refractivity contribution in [1.82, 2.24) is 20.1 Å². The Bertz CT molecular complexity index is 1610. The molecule has 4 amide bonds. The molecule has 1 aliphatic carbocycles. The van der Waals surface area contributed by atoms with Crippen LogP contribution in [-0.4, -0.2) is 63.8 Å². The number of rotatable bonds is 11. The third-order valence-electron chi connectivity index (χ3n) is 6.77. The normalized spacial score (nSPS) is 12.9. The third-order valence-corrected chi connectivity index (χ3v) is 7.06. The molecule has 3 N–H and O–H groups in total. The number of ether oxygens (including phenoxy) is 1. The van der Waals surface area contributed by atoms with E-state index in [1.807, 2.05) is 0 Å². The van der Waals surface area contributed by atoms with Crippen molar-refractivity contribution in [3.63, 3.8) is 0 Å². The summed E-state index contributed by atoms with van der Waals surface area (Å²) >= 11 is 5.82. The molecule has 1 fully saturated rings. The van der Waals surface area contributed by atoms with Crippen LogP contribution in [0.3, 0.4) is 0 Å². The predicted octanol–water partition coefficient (Wildman–Crippen LogP) is 4.41. The molecular weight excluding hydrogens is 593 g/mol. The van der Waals surface area contributed by atoms with Crippen LogP contribution in [0, 0.1) is 5.82 Å². The van der Waals surface area contributed by atoms with Crippen LogP contribution in [0.2, 0.25) is 5.02 Å². The van der Waals surface area contributed by atoms with Gasteiger partial charge >= 0.3 is 6.09 Å². The van der Waals surface area contributed by atoms with Crippen molar-refractivity contribution in [2.24, 2.45) is 0 Å². The van der Waals surface area contributed by atoms with E-state index in [-0.39, 0.29) is 54.5 Å². The molecule has 0 radical (unpaired) electrons. The first-order valence-electron chi connectivity index (χ1n) is 14.1. The van der Waals surface area contributed by atoms with E-state index in [0.29, 0.717) is 22.2 Å². The third kappa shape index (κ3) is 8.56. The highest BCUT2D eigenvalue weighted by Gasteiger charge is 2.34. The Labute approximate surface area is 259 Å². The van der Waals surface area contributed by atoms with Crippen LogP contribution < -0.4 is 16.0 Å². The van der Waals surface area contributed by atoms with E-state index < -0.39 is 29.3 Å². The largest absolute Gasteiger partial charge is 0.444 e. The number of nitrogens with zero attached hydrogens (tertiary/aromatic N) is 2. The Morgan fingerprint density at radius 3 is 2.45 bits per heavy atom. The molecule has 1 aliphatic rings. The Balaban J connectivity index is 1.42. The SMILES string of the molecule is CC(=O)c1cn(CC(=O)N(CC(=O)NCc2cccc(Cl)c2F)C2CC2)c2ccc(NC(=O)CNC(=O)OC(C)(C)C)cc12. The second kappa shape index (κ2) is 13.5. The van der Waals surface area contributed by atoms with E-state index in [9.17, 15) is 28.4 Å². The van der Waals surface area contributed by atoms with Crippen LogP contribution in [0.1, 0.15) is 56.5 Å². The Hall–Kier alpha value is -4.45. The number of anilines is 1. The van der Waals surface area contributed by atoms with Gasteiger partial charge in [-0.05, 0) is 64.8 Å². The molecule has 44 heavy (non-hydrogen) atoms. The first-order valence-corrected chi connectivity index (χ1v) is 14.5. The molecule has 0 atom stereocenters. The van der Waals surface area contributed by atoms with Gasteiger partial charge in [0.15, 0.2) is 5.78 Å². The second-order valence-electron chi connectivity index (χ2n) is 11.6. The van der Waals surface area contributed by atoms with Crippen LogP contribution in [0.15, 0.2) is 42.6 Å². The van der Waals surface area contributed by atoms with E-state index in [2.05, 4.69) is 16.0 Å². The van der Waals surface area contributed by atoms with Gasteiger partial charge in [0.2, 0.25) is 17.7 Å². The number of hydrogen-bond acceptors (Lipinski definition) is 6. The maximum Gasteiger partial charge on any atom is 0.408 e. The van der Waals surface area contributed by atoms with E-state index in [0.717, 1.165) is 12.8 Å². The van der Waals surface area contributed by atoms with Crippen LogP contribution in [0.4, 0.5) is 14.9 Å². The minimum atomic E-state index is -0.726. The number of carbonyl (C=O) groups is 5. The summed E-state index contributed by atoms with van der Waals surface area (Å²) in [4.78, 5) is 64.4. The van der Waals surface area contributed by atoms with Crippen molar-refractivity contribution in [3.8, 4) is 0 Å². The van der Waals surface area contributed by atoms with Gasteiger partial charge in [0, 0.05) is 46.5 Å². The molecule has 0 aliphatic heterocycles. The molecule has 0 spiro atoms.